The lowest BCUT2D eigenvalue weighted by atomic mass is 10.1. The topological polar surface area (TPSA) is 91.0 Å². The summed E-state index contributed by atoms with van der Waals surface area (Å²) >= 11 is 0. The van der Waals surface area contributed by atoms with Crippen LogP contribution in [0.3, 0.4) is 0 Å². The maximum absolute atomic E-state index is 12.0. The van der Waals surface area contributed by atoms with Crippen LogP contribution in [0.5, 0.6) is 0 Å². The fourth-order valence-corrected chi connectivity index (χ4v) is 2.20. The highest BCUT2D eigenvalue weighted by Gasteiger charge is 2.34. The van der Waals surface area contributed by atoms with E-state index in [1.165, 1.54) is 6.33 Å². The summed E-state index contributed by atoms with van der Waals surface area (Å²) in [6, 6.07) is 0. The number of nitrogens with one attached hydrogen (secondary N) is 2. The van der Waals surface area contributed by atoms with E-state index >= 15 is 0 Å². The van der Waals surface area contributed by atoms with Crippen LogP contribution < -0.4 is 5.32 Å². The van der Waals surface area contributed by atoms with E-state index in [0.29, 0.717) is 37.8 Å². The fourth-order valence-electron chi connectivity index (χ4n) is 2.20. The van der Waals surface area contributed by atoms with Crippen molar-refractivity contribution in [2.45, 2.75) is 26.8 Å². The maximum atomic E-state index is 12.0. The number of H-pyrrole nitrogens is 1. The van der Waals surface area contributed by atoms with Crippen LogP contribution in [-0.4, -0.2) is 45.0 Å². The Morgan fingerprint density at radius 3 is 3.05 bits per heavy atom. The lowest BCUT2D eigenvalue weighted by Gasteiger charge is -2.18. The average Bonchev–Trinajstić information content (AvgIpc) is 2.96. The molecule has 19 heavy (non-hydrogen) atoms. The van der Waals surface area contributed by atoms with Crippen LogP contribution in [-0.2, 0) is 16.1 Å². The van der Waals surface area contributed by atoms with Crippen molar-refractivity contribution in [1.29, 1.82) is 0 Å². The summed E-state index contributed by atoms with van der Waals surface area (Å²) < 4.78 is 0. The molecule has 1 saturated heterocycles. The zero-order chi connectivity index (χ0) is 13.8. The van der Waals surface area contributed by atoms with Crippen molar-refractivity contribution in [3.05, 3.63) is 12.2 Å². The van der Waals surface area contributed by atoms with Crippen molar-refractivity contribution < 1.29 is 9.59 Å². The summed E-state index contributed by atoms with van der Waals surface area (Å²) in [7, 11) is 0. The third-order valence-corrected chi connectivity index (χ3v) is 3.07. The molecule has 1 aromatic rings. The van der Waals surface area contributed by atoms with Crippen molar-refractivity contribution >= 4 is 11.8 Å². The van der Waals surface area contributed by atoms with Gasteiger partial charge in [-0.15, -0.1) is 0 Å². The van der Waals surface area contributed by atoms with E-state index in [4.69, 9.17) is 0 Å². The van der Waals surface area contributed by atoms with E-state index in [1.807, 2.05) is 0 Å². The van der Waals surface area contributed by atoms with Crippen LogP contribution in [0, 0.1) is 11.8 Å². The van der Waals surface area contributed by atoms with Gasteiger partial charge in [0.25, 0.3) is 0 Å². The van der Waals surface area contributed by atoms with Gasteiger partial charge in [-0.2, -0.15) is 5.10 Å². The molecule has 0 spiro atoms. The number of rotatable bonds is 5. The van der Waals surface area contributed by atoms with Gasteiger partial charge in [-0.3, -0.25) is 14.7 Å². The molecule has 1 unspecified atom stereocenters. The Bertz CT molecular complexity index is 443. The summed E-state index contributed by atoms with van der Waals surface area (Å²) in [6.45, 7) is 5.66. The first kappa shape index (κ1) is 13.5. The maximum Gasteiger partial charge on any atom is 0.225 e. The molecule has 1 aliphatic heterocycles. The average molecular weight is 265 g/mol. The van der Waals surface area contributed by atoms with Crippen molar-refractivity contribution in [2.24, 2.45) is 11.8 Å². The van der Waals surface area contributed by atoms with Crippen LogP contribution >= 0.6 is 0 Å². The highest BCUT2D eigenvalue weighted by atomic mass is 16.2. The standard InChI is InChI=1S/C12H19N5O2/c1-8(2)5-17-6-9(3-11(17)18)12(19)13-4-10-14-7-15-16-10/h7-9H,3-6H2,1-2H3,(H,13,19)(H,14,15,16). The van der Waals surface area contributed by atoms with Gasteiger partial charge in [0, 0.05) is 19.5 Å². The first-order valence-electron chi connectivity index (χ1n) is 6.46. The summed E-state index contributed by atoms with van der Waals surface area (Å²) in [6.07, 6.45) is 1.69. The molecule has 1 atom stereocenters. The number of aromatic amines is 1. The lowest BCUT2D eigenvalue weighted by Crippen LogP contribution is -2.34. The molecule has 0 radical (unpaired) electrons. The largest absolute Gasteiger partial charge is 0.349 e. The van der Waals surface area contributed by atoms with E-state index in [1.54, 1.807) is 4.90 Å². The zero-order valence-corrected chi connectivity index (χ0v) is 11.2. The zero-order valence-electron chi connectivity index (χ0n) is 11.2. The van der Waals surface area contributed by atoms with Crippen molar-refractivity contribution in [3.8, 4) is 0 Å². The number of carbonyl (C=O) groups is 2. The number of hydrogen-bond acceptors (Lipinski definition) is 4. The highest BCUT2D eigenvalue weighted by molar-refractivity contribution is 5.89. The number of amides is 2. The van der Waals surface area contributed by atoms with Gasteiger partial charge < -0.3 is 10.2 Å². The molecular formula is C12H19N5O2. The molecule has 104 valence electrons. The molecule has 2 amide bonds. The number of nitrogens with zero attached hydrogens (tertiary/aromatic N) is 3. The van der Waals surface area contributed by atoms with Gasteiger partial charge in [0.05, 0.1) is 12.5 Å². The molecule has 1 aromatic heterocycles. The number of carbonyl (C=O) groups excluding carboxylic acids is 2. The molecule has 2 N–H and O–H groups in total. The smallest absolute Gasteiger partial charge is 0.225 e. The minimum atomic E-state index is -0.255. The molecule has 2 heterocycles. The molecule has 7 nitrogen and oxygen atoms in total. The predicted octanol–water partition coefficient (Wildman–Crippen LogP) is -0.0746. The van der Waals surface area contributed by atoms with Crippen molar-refractivity contribution in [2.75, 3.05) is 13.1 Å². The van der Waals surface area contributed by atoms with E-state index in [-0.39, 0.29) is 17.7 Å². The van der Waals surface area contributed by atoms with Crippen LogP contribution in [0.25, 0.3) is 0 Å². The number of likely N-dealkylation sites (tertiary alicyclic amines) is 1. The van der Waals surface area contributed by atoms with Crippen LogP contribution in [0.2, 0.25) is 0 Å². The minimum absolute atomic E-state index is 0.0634. The first-order chi connectivity index (χ1) is 9.06. The van der Waals surface area contributed by atoms with E-state index in [2.05, 4.69) is 34.3 Å². The molecule has 1 fully saturated rings. The molecule has 0 bridgehead atoms. The normalized spacial score (nSPS) is 19.2. The quantitative estimate of drug-likeness (QED) is 0.779. The summed E-state index contributed by atoms with van der Waals surface area (Å²) in [5.41, 5.74) is 0. The van der Waals surface area contributed by atoms with Crippen molar-refractivity contribution in [1.82, 2.24) is 25.4 Å². The van der Waals surface area contributed by atoms with E-state index in [9.17, 15) is 9.59 Å². The Morgan fingerprint density at radius 1 is 1.63 bits per heavy atom. The van der Waals surface area contributed by atoms with Gasteiger partial charge in [-0.25, -0.2) is 4.98 Å². The molecule has 0 aliphatic carbocycles. The Balaban J connectivity index is 1.82. The second-order valence-corrected chi connectivity index (χ2v) is 5.24. The predicted molar refractivity (Wildman–Crippen MR) is 67.8 cm³/mol. The summed E-state index contributed by atoms with van der Waals surface area (Å²) in [4.78, 5) is 29.4. The van der Waals surface area contributed by atoms with E-state index < -0.39 is 0 Å². The minimum Gasteiger partial charge on any atom is -0.349 e. The molecule has 1 aliphatic rings. The van der Waals surface area contributed by atoms with Gasteiger partial charge in [-0.05, 0) is 5.92 Å². The Kier molecular flexibility index (Phi) is 4.13. The third-order valence-electron chi connectivity index (χ3n) is 3.07. The van der Waals surface area contributed by atoms with Crippen LogP contribution in [0.1, 0.15) is 26.1 Å². The number of hydrogen-bond donors (Lipinski definition) is 2. The van der Waals surface area contributed by atoms with E-state index in [0.717, 1.165) is 0 Å². The van der Waals surface area contributed by atoms with Crippen molar-refractivity contribution in [3.63, 3.8) is 0 Å². The lowest BCUT2D eigenvalue weighted by molar-refractivity contribution is -0.129. The van der Waals surface area contributed by atoms with Gasteiger partial charge >= 0.3 is 0 Å². The summed E-state index contributed by atoms with van der Waals surface area (Å²) in [5, 5.41) is 9.15. The second-order valence-electron chi connectivity index (χ2n) is 5.24. The van der Waals surface area contributed by atoms with Crippen LogP contribution in [0.4, 0.5) is 0 Å². The second kappa shape index (κ2) is 5.81. The Hall–Kier alpha value is -1.92. The molecule has 0 saturated carbocycles. The molecule has 2 rings (SSSR count). The molecule has 0 aromatic carbocycles. The molecule has 7 heteroatoms. The monoisotopic (exact) mass is 265 g/mol. The first-order valence-corrected chi connectivity index (χ1v) is 6.46. The van der Waals surface area contributed by atoms with Crippen LogP contribution in [0.15, 0.2) is 6.33 Å². The SMILES string of the molecule is CC(C)CN1CC(C(=O)NCc2ncn[nH]2)CC1=O. The highest BCUT2D eigenvalue weighted by Crippen LogP contribution is 2.19. The van der Waals surface area contributed by atoms with Gasteiger partial charge in [0.1, 0.15) is 12.2 Å². The fraction of sp³-hybridized carbons (Fsp3) is 0.667. The number of aromatic nitrogens is 3. The molecular weight excluding hydrogens is 246 g/mol. The van der Waals surface area contributed by atoms with Gasteiger partial charge in [-0.1, -0.05) is 13.8 Å². The third kappa shape index (κ3) is 3.52. The Labute approximate surface area is 111 Å². The van der Waals surface area contributed by atoms with Gasteiger partial charge in [0.2, 0.25) is 11.8 Å². The van der Waals surface area contributed by atoms with Gasteiger partial charge in [0.15, 0.2) is 0 Å². The Morgan fingerprint density at radius 2 is 2.42 bits per heavy atom. The summed E-state index contributed by atoms with van der Waals surface area (Å²) in [5.74, 6) is 0.732.